The smallest absolute Gasteiger partial charge is 0.407 e. The zero-order valence-corrected chi connectivity index (χ0v) is 7.08. The third-order valence-electron chi connectivity index (χ3n) is 2.62. The van der Waals surface area contributed by atoms with Gasteiger partial charge in [-0.2, -0.15) is 0 Å². The van der Waals surface area contributed by atoms with Gasteiger partial charge in [0.2, 0.25) is 0 Å². The second kappa shape index (κ2) is 2.94. The molecule has 4 heteroatoms. The van der Waals surface area contributed by atoms with E-state index in [1.165, 1.54) is 0 Å². The summed E-state index contributed by atoms with van der Waals surface area (Å²) < 4.78 is 10.5. The molecule has 0 saturated carbocycles. The Labute approximate surface area is 71.2 Å². The van der Waals surface area contributed by atoms with Crippen LogP contribution in [0.4, 0.5) is 4.79 Å². The van der Waals surface area contributed by atoms with Gasteiger partial charge in [-0.1, -0.05) is 0 Å². The fourth-order valence-corrected chi connectivity index (χ4v) is 1.88. The van der Waals surface area contributed by atoms with E-state index in [1.54, 1.807) is 0 Å². The number of nitrogens with one attached hydrogen (secondary N) is 1. The second-order valence-corrected chi connectivity index (χ2v) is 3.35. The van der Waals surface area contributed by atoms with E-state index in [9.17, 15) is 4.79 Å². The van der Waals surface area contributed by atoms with Crippen LogP contribution in [0.25, 0.3) is 0 Å². The Morgan fingerprint density at radius 3 is 2.92 bits per heavy atom. The predicted octanol–water partition coefficient (Wildman–Crippen LogP) is 0.520. The van der Waals surface area contributed by atoms with Gasteiger partial charge in [-0.05, 0) is 13.3 Å². The average molecular weight is 171 g/mol. The van der Waals surface area contributed by atoms with E-state index < -0.39 is 0 Å². The molecule has 2 aliphatic rings. The van der Waals surface area contributed by atoms with Gasteiger partial charge in [0.15, 0.2) is 0 Å². The first-order chi connectivity index (χ1) is 5.77. The zero-order chi connectivity index (χ0) is 8.55. The summed E-state index contributed by atoms with van der Waals surface area (Å²) in [5.74, 6) is 0.379. The molecule has 0 aliphatic carbocycles. The van der Waals surface area contributed by atoms with Crippen LogP contribution in [0, 0.1) is 5.92 Å². The molecule has 3 atom stereocenters. The van der Waals surface area contributed by atoms with Gasteiger partial charge in [-0.3, -0.25) is 0 Å². The summed E-state index contributed by atoms with van der Waals surface area (Å²) >= 11 is 0. The highest BCUT2D eigenvalue weighted by Gasteiger charge is 2.37. The lowest BCUT2D eigenvalue weighted by molar-refractivity contribution is 0.0518. The summed E-state index contributed by atoms with van der Waals surface area (Å²) in [4.78, 5) is 10.7. The first-order valence-corrected chi connectivity index (χ1v) is 4.33. The third kappa shape index (κ3) is 1.27. The lowest BCUT2D eigenvalue weighted by Crippen LogP contribution is -2.29. The van der Waals surface area contributed by atoms with Crippen molar-refractivity contribution in [1.29, 1.82) is 0 Å². The number of ether oxygens (including phenoxy) is 2. The van der Waals surface area contributed by atoms with Gasteiger partial charge in [0.05, 0.1) is 12.6 Å². The van der Waals surface area contributed by atoms with Crippen molar-refractivity contribution in [3.8, 4) is 0 Å². The molecule has 2 rings (SSSR count). The van der Waals surface area contributed by atoms with Crippen molar-refractivity contribution in [3.63, 3.8) is 0 Å². The molecule has 0 aromatic heterocycles. The highest BCUT2D eigenvalue weighted by molar-refractivity contribution is 5.69. The normalized spacial score (nSPS) is 41.1. The fourth-order valence-electron chi connectivity index (χ4n) is 1.88. The Morgan fingerprint density at radius 2 is 2.42 bits per heavy atom. The highest BCUT2D eigenvalue weighted by atomic mass is 16.6. The number of cyclic esters (lactones) is 1. The Hall–Kier alpha value is -0.770. The fraction of sp³-hybridized carbons (Fsp3) is 0.875. The van der Waals surface area contributed by atoms with E-state index >= 15 is 0 Å². The number of amides is 1. The van der Waals surface area contributed by atoms with E-state index in [2.05, 4.69) is 5.32 Å². The van der Waals surface area contributed by atoms with E-state index in [-0.39, 0.29) is 18.3 Å². The minimum absolute atomic E-state index is 0.0231. The van der Waals surface area contributed by atoms with Crippen molar-refractivity contribution in [3.05, 3.63) is 0 Å². The first-order valence-electron chi connectivity index (χ1n) is 4.33. The van der Waals surface area contributed by atoms with Crippen molar-refractivity contribution >= 4 is 6.09 Å². The Bertz CT molecular complexity index is 195. The minimum Gasteiger partial charge on any atom is -0.444 e. The van der Waals surface area contributed by atoms with Crippen LogP contribution in [0.5, 0.6) is 0 Å². The number of hydrogen-bond donors (Lipinski definition) is 1. The molecule has 0 radical (unpaired) electrons. The molecule has 2 aliphatic heterocycles. The van der Waals surface area contributed by atoms with Gasteiger partial charge in [0.1, 0.15) is 6.10 Å². The lowest BCUT2D eigenvalue weighted by Gasteiger charge is -2.18. The Kier molecular flexibility index (Phi) is 1.92. The van der Waals surface area contributed by atoms with Crippen molar-refractivity contribution in [2.24, 2.45) is 5.92 Å². The van der Waals surface area contributed by atoms with E-state index in [0.29, 0.717) is 12.5 Å². The summed E-state index contributed by atoms with van der Waals surface area (Å²) in [5, 5.41) is 2.65. The zero-order valence-electron chi connectivity index (χ0n) is 7.08. The van der Waals surface area contributed by atoms with Gasteiger partial charge in [-0.15, -0.1) is 0 Å². The number of rotatable bonds is 1. The van der Waals surface area contributed by atoms with Gasteiger partial charge < -0.3 is 14.8 Å². The van der Waals surface area contributed by atoms with Crippen molar-refractivity contribution in [2.75, 3.05) is 13.2 Å². The van der Waals surface area contributed by atoms with Crippen LogP contribution in [0.2, 0.25) is 0 Å². The average Bonchev–Trinajstić information content (AvgIpc) is 2.58. The van der Waals surface area contributed by atoms with Crippen LogP contribution in [-0.4, -0.2) is 31.5 Å². The molecule has 0 aromatic carbocycles. The number of alkyl carbamates (subject to hydrolysis) is 1. The van der Waals surface area contributed by atoms with Gasteiger partial charge in [-0.25, -0.2) is 4.79 Å². The van der Waals surface area contributed by atoms with Crippen LogP contribution in [0.1, 0.15) is 13.3 Å². The Balaban J connectivity index is 1.95. The summed E-state index contributed by atoms with van der Waals surface area (Å²) in [6.07, 6.45) is 0.956. The molecule has 1 amide bonds. The number of carbonyl (C=O) groups excluding carboxylic acids is 1. The molecule has 68 valence electrons. The summed E-state index contributed by atoms with van der Waals surface area (Å²) in [6.45, 7) is 3.46. The molecule has 2 heterocycles. The van der Waals surface area contributed by atoms with E-state index in [1.807, 2.05) is 6.92 Å². The maximum atomic E-state index is 10.7. The largest absolute Gasteiger partial charge is 0.444 e. The van der Waals surface area contributed by atoms with Crippen LogP contribution in [0.3, 0.4) is 0 Å². The lowest BCUT2D eigenvalue weighted by atomic mass is 9.96. The van der Waals surface area contributed by atoms with Crippen LogP contribution < -0.4 is 5.32 Å². The molecule has 0 bridgehead atoms. The van der Waals surface area contributed by atoms with Crippen molar-refractivity contribution in [1.82, 2.24) is 5.32 Å². The Morgan fingerprint density at radius 1 is 1.58 bits per heavy atom. The monoisotopic (exact) mass is 171 g/mol. The molecule has 1 N–H and O–H groups in total. The number of hydrogen-bond acceptors (Lipinski definition) is 3. The van der Waals surface area contributed by atoms with E-state index in [4.69, 9.17) is 9.47 Å². The molecular weight excluding hydrogens is 158 g/mol. The summed E-state index contributed by atoms with van der Waals surface area (Å²) in [7, 11) is 0. The molecule has 3 unspecified atom stereocenters. The van der Waals surface area contributed by atoms with Crippen molar-refractivity contribution < 1.29 is 14.3 Å². The standard InChI is InChI=1S/C8H13NO3/c1-5-6(2-3-11-5)7-4-9-8(10)12-7/h5-7H,2-4H2,1H3,(H,9,10). The SMILES string of the molecule is CC1OCCC1C1CNC(=O)O1. The summed E-state index contributed by atoms with van der Waals surface area (Å²) in [5.41, 5.74) is 0. The quantitative estimate of drug-likeness (QED) is 0.625. The predicted molar refractivity (Wildman–Crippen MR) is 41.8 cm³/mol. The van der Waals surface area contributed by atoms with Gasteiger partial charge >= 0.3 is 6.09 Å². The van der Waals surface area contributed by atoms with Crippen LogP contribution in [-0.2, 0) is 9.47 Å². The molecule has 2 fully saturated rings. The molecule has 2 saturated heterocycles. The van der Waals surface area contributed by atoms with E-state index in [0.717, 1.165) is 13.0 Å². The van der Waals surface area contributed by atoms with Crippen molar-refractivity contribution in [2.45, 2.75) is 25.6 Å². The first kappa shape index (κ1) is 7.86. The molecule has 0 spiro atoms. The van der Waals surface area contributed by atoms with Gasteiger partial charge in [0.25, 0.3) is 0 Å². The topological polar surface area (TPSA) is 47.6 Å². The maximum absolute atomic E-state index is 10.7. The second-order valence-electron chi connectivity index (χ2n) is 3.35. The number of carbonyl (C=O) groups is 1. The molecule has 0 aromatic rings. The highest BCUT2D eigenvalue weighted by Crippen LogP contribution is 2.27. The molecule has 4 nitrogen and oxygen atoms in total. The molecular formula is C8H13NO3. The van der Waals surface area contributed by atoms with Gasteiger partial charge in [0, 0.05) is 12.5 Å². The van der Waals surface area contributed by atoms with Crippen LogP contribution >= 0.6 is 0 Å². The maximum Gasteiger partial charge on any atom is 0.407 e. The molecule has 12 heavy (non-hydrogen) atoms. The van der Waals surface area contributed by atoms with Crippen LogP contribution in [0.15, 0.2) is 0 Å². The minimum atomic E-state index is -0.292. The third-order valence-corrected chi connectivity index (χ3v) is 2.62. The summed E-state index contributed by atoms with van der Waals surface area (Å²) in [6, 6.07) is 0.